The van der Waals surface area contributed by atoms with E-state index in [1.807, 2.05) is 42.5 Å². The van der Waals surface area contributed by atoms with Crippen LogP contribution in [0, 0.1) is 0 Å². The van der Waals surface area contributed by atoms with Crippen LogP contribution < -0.4 is 9.47 Å². The highest BCUT2D eigenvalue weighted by Crippen LogP contribution is 2.40. The van der Waals surface area contributed by atoms with Gasteiger partial charge in [0.25, 0.3) is 5.91 Å². The molecule has 35 heavy (non-hydrogen) atoms. The topological polar surface area (TPSA) is 54.4 Å². The van der Waals surface area contributed by atoms with E-state index in [1.54, 1.807) is 19.2 Å². The molecule has 5 rings (SSSR count). The number of amides is 1. The van der Waals surface area contributed by atoms with E-state index in [2.05, 4.69) is 29.2 Å². The number of halogens is 1. The van der Waals surface area contributed by atoms with Crippen molar-refractivity contribution in [2.75, 3.05) is 27.3 Å². The first-order valence-electron chi connectivity index (χ1n) is 11.7. The molecule has 1 atom stereocenters. The Morgan fingerprint density at radius 1 is 1.03 bits per heavy atom. The number of hydrogen-bond donors (Lipinski definition) is 0. The Morgan fingerprint density at radius 3 is 2.57 bits per heavy atom. The molecule has 0 saturated heterocycles. The number of ether oxygens (including phenoxy) is 2. The van der Waals surface area contributed by atoms with Gasteiger partial charge in [-0.2, -0.15) is 5.10 Å². The monoisotopic (exact) mass is 489 g/mol. The predicted molar refractivity (Wildman–Crippen MR) is 137 cm³/mol. The predicted octanol–water partition coefficient (Wildman–Crippen LogP) is 5.09. The SMILES string of the molecule is COc1ccc(OC)c(C2CC(c3ccccc3Cl)=NN2C(=O)CN2CCc3ccccc3C2)c1. The fourth-order valence-corrected chi connectivity index (χ4v) is 5.14. The molecule has 0 radical (unpaired) electrons. The number of carbonyl (C=O) groups is 1. The molecule has 2 aliphatic heterocycles. The van der Waals surface area contributed by atoms with Crippen molar-refractivity contribution in [3.63, 3.8) is 0 Å². The number of fused-ring (bicyclic) bond motifs is 1. The Kier molecular flexibility index (Phi) is 6.75. The molecule has 180 valence electrons. The van der Waals surface area contributed by atoms with E-state index in [4.69, 9.17) is 26.2 Å². The Morgan fingerprint density at radius 2 is 1.80 bits per heavy atom. The van der Waals surface area contributed by atoms with Crippen molar-refractivity contribution in [3.8, 4) is 11.5 Å². The maximum atomic E-state index is 13.7. The maximum Gasteiger partial charge on any atom is 0.257 e. The fraction of sp³-hybridized carbons (Fsp3) is 0.286. The first kappa shape index (κ1) is 23.4. The largest absolute Gasteiger partial charge is 0.497 e. The fourth-order valence-electron chi connectivity index (χ4n) is 4.89. The molecule has 0 saturated carbocycles. The zero-order chi connectivity index (χ0) is 24.4. The van der Waals surface area contributed by atoms with Gasteiger partial charge in [-0.3, -0.25) is 9.69 Å². The molecule has 0 bridgehead atoms. The number of rotatable bonds is 6. The van der Waals surface area contributed by atoms with Crippen LogP contribution in [0.5, 0.6) is 11.5 Å². The van der Waals surface area contributed by atoms with Gasteiger partial charge in [-0.25, -0.2) is 5.01 Å². The summed E-state index contributed by atoms with van der Waals surface area (Å²) in [4.78, 5) is 15.9. The number of benzene rings is 3. The summed E-state index contributed by atoms with van der Waals surface area (Å²) >= 11 is 6.50. The molecule has 3 aromatic rings. The summed E-state index contributed by atoms with van der Waals surface area (Å²) in [6.45, 7) is 1.88. The van der Waals surface area contributed by atoms with Crippen molar-refractivity contribution in [2.24, 2.45) is 5.10 Å². The van der Waals surface area contributed by atoms with E-state index in [0.717, 1.165) is 36.3 Å². The standard InChI is InChI=1S/C28H28ClN3O3/c1-34-21-11-12-27(35-2)23(15-21)26-16-25(22-9-5-6-10-24(22)29)30-32(26)28(33)18-31-14-13-19-7-3-4-8-20(19)17-31/h3-12,15,26H,13-14,16-18H2,1-2H3. The highest BCUT2D eigenvalue weighted by molar-refractivity contribution is 6.34. The van der Waals surface area contributed by atoms with Gasteiger partial charge in [0, 0.05) is 35.7 Å². The third kappa shape index (κ3) is 4.77. The lowest BCUT2D eigenvalue weighted by Gasteiger charge is -2.30. The van der Waals surface area contributed by atoms with Crippen LogP contribution in [-0.4, -0.2) is 48.8 Å². The zero-order valence-corrected chi connectivity index (χ0v) is 20.7. The molecular weight excluding hydrogens is 462 g/mol. The second kappa shape index (κ2) is 10.1. The van der Waals surface area contributed by atoms with Crippen LogP contribution in [0.3, 0.4) is 0 Å². The first-order chi connectivity index (χ1) is 17.1. The summed E-state index contributed by atoms with van der Waals surface area (Å²) in [5, 5.41) is 7.03. The molecule has 0 spiro atoms. The lowest BCUT2D eigenvalue weighted by Crippen LogP contribution is -2.40. The maximum absolute atomic E-state index is 13.7. The van der Waals surface area contributed by atoms with Crippen LogP contribution in [0.1, 0.15) is 34.7 Å². The van der Waals surface area contributed by atoms with E-state index in [0.29, 0.717) is 22.9 Å². The summed E-state index contributed by atoms with van der Waals surface area (Å²) in [7, 11) is 3.26. The van der Waals surface area contributed by atoms with E-state index in [-0.39, 0.29) is 18.5 Å². The van der Waals surface area contributed by atoms with Crippen LogP contribution in [0.15, 0.2) is 71.8 Å². The molecule has 1 unspecified atom stereocenters. The number of hydrogen-bond acceptors (Lipinski definition) is 5. The molecule has 0 N–H and O–H groups in total. The van der Waals surface area contributed by atoms with Gasteiger partial charge in [-0.15, -0.1) is 0 Å². The minimum Gasteiger partial charge on any atom is -0.497 e. The smallest absolute Gasteiger partial charge is 0.257 e. The Labute approximate surface area is 210 Å². The molecule has 0 aliphatic carbocycles. The summed E-state index contributed by atoms with van der Waals surface area (Å²) in [6, 6.07) is 21.4. The summed E-state index contributed by atoms with van der Waals surface area (Å²) in [5.74, 6) is 1.34. The van der Waals surface area contributed by atoms with Crippen molar-refractivity contribution in [2.45, 2.75) is 25.4 Å². The van der Waals surface area contributed by atoms with Gasteiger partial charge < -0.3 is 9.47 Å². The third-order valence-electron chi connectivity index (χ3n) is 6.72. The Hall–Kier alpha value is -3.35. The molecule has 7 heteroatoms. The van der Waals surface area contributed by atoms with Gasteiger partial charge in [0.15, 0.2) is 0 Å². The van der Waals surface area contributed by atoms with E-state index in [1.165, 1.54) is 11.1 Å². The van der Waals surface area contributed by atoms with Crippen molar-refractivity contribution in [3.05, 3.63) is 94.0 Å². The molecule has 1 amide bonds. The highest BCUT2D eigenvalue weighted by Gasteiger charge is 2.36. The van der Waals surface area contributed by atoms with Crippen molar-refractivity contribution < 1.29 is 14.3 Å². The highest BCUT2D eigenvalue weighted by atomic mass is 35.5. The van der Waals surface area contributed by atoms with E-state index in [9.17, 15) is 4.79 Å². The van der Waals surface area contributed by atoms with E-state index >= 15 is 0 Å². The number of carbonyl (C=O) groups excluding carboxylic acids is 1. The normalized spacial score (nSPS) is 17.6. The van der Waals surface area contributed by atoms with Gasteiger partial charge in [0.1, 0.15) is 11.5 Å². The van der Waals surface area contributed by atoms with Crippen LogP contribution >= 0.6 is 11.6 Å². The van der Waals surface area contributed by atoms with Gasteiger partial charge in [0.2, 0.25) is 0 Å². The average Bonchev–Trinajstić information content (AvgIpc) is 3.34. The molecular formula is C28H28ClN3O3. The molecule has 2 aliphatic rings. The first-order valence-corrected chi connectivity index (χ1v) is 12.1. The van der Waals surface area contributed by atoms with Crippen LogP contribution in [0.25, 0.3) is 0 Å². The summed E-state index contributed by atoms with van der Waals surface area (Å²) in [5.41, 5.74) is 5.11. The molecule has 6 nitrogen and oxygen atoms in total. The number of hydrazone groups is 1. The second-order valence-electron chi connectivity index (χ2n) is 8.82. The quantitative estimate of drug-likeness (QED) is 0.484. The van der Waals surface area contributed by atoms with Gasteiger partial charge >= 0.3 is 0 Å². The average molecular weight is 490 g/mol. The molecule has 0 fully saturated rings. The molecule has 0 aromatic heterocycles. The Balaban J connectivity index is 1.46. The van der Waals surface area contributed by atoms with Gasteiger partial charge in [0.05, 0.1) is 32.5 Å². The number of methoxy groups -OCH3 is 2. The minimum absolute atomic E-state index is 0.0543. The molecule has 2 heterocycles. The van der Waals surface area contributed by atoms with Crippen LogP contribution in [0.2, 0.25) is 5.02 Å². The second-order valence-corrected chi connectivity index (χ2v) is 9.23. The van der Waals surface area contributed by atoms with Crippen molar-refractivity contribution >= 4 is 23.2 Å². The van der Waals surface area contributed by atoms with Crippen molar-refractivity contribution in [1.29, 1.82) is 0 Å². The van der Waals surface area contributed by atoms with Gasteiger partial charge in [-0.1, -0.05) is 54.1 Å². The van der Waals surface area contributed by atoms with Gasteiger partial charge in [-0.05, 0) is 41.8 Å². The minimum atomic E-state index is -0.323. The Bertz CT molecular complexity index is 1280. The van der Waals surface area contributed by atoms with E-state index < -0.39 is 0 Å². The number of nitrogens with zero attached hydrogens (tertiary/aromatic N) is 3. The lowest BCUT2D eigenvalue weighted by molar-refractivity contribution is -0.134. The van der Waals surface area contributed by atoms with Crippen LogP contribution in [-0.2, 0) is 17.8 Å². The summed E-state index contributed by atoms with van der Waals surface area (Å²) < 4.78 is 11.1. The lowest BCUT2D eigenvalue weighted by atomic mass is 9.97. The summed E-state index contributed by atoms with van der Waals surface area (Å²) in [6.07, 6.45) is 1.46. The van der Waals surface area contributed by atoms with Crippen molar-refractivity contribution in [1.82, 2.24) is 9.91 Å². The molecule has 3 aromatic carbocycles. The zero-order valence-electron chi connectivity index (χ0n) is 19.9. The van der Waals surface area contributed by atoms with Crippen LogP contribution in [0.4, 0.5) is 0 Å². The third-order valence-corrected chi connectivity index (χ3v) is 7.04.